The van der Waals surface area contributed by atoms with Gasteiger partial charge in [-0.25, -0.2) is 9.18 Å². The second kappa shape index (κ2) is 9.52. The van der Waals surface area contributed by atoms with E-state index in [1.807, 2.05) is 24.3 Å². The molecule has 3 aromatic rings. The minimum atomic E-state index is -0.287. The molecule has 0 radical (unpaired) electrons. The van der Waals surface area contributed by atoms with Crippen LogP contribution in [0.25, 0.3) is 10.1 Å². The number of aryl methyl sites for hydroxylation is 1. The molecule has 0 saturated carbocycles. The van der Waals surface area contributed by atoms with Gasteiger partial charge < -0.3 is 14.8 Å². The van der Waals surface area contributed by atoms with E-state index in [0.29, 0.717) is 17.0 Å². The number of methoxy groups -OCH3 is 1. The fourth-order valence-corrected chi connectivity index (χ4v) is 4.45. The van der Waals surface area contributed by atoms with E-state index in [0.717, 1.165) is 33.6 Å². The van der Waals surface area contributed by atoms with Crippen molar-refractivity contribution in [1.29, 1.82) is 0 Å². The number of carbonyl (C=O) groups excluding carboxylic acids is 1. The summed E-state index contributed by atoms with van der Waals surface area (Å²) in [5.41, 5.74) is 1.60. The van der Waals surface area contributed by atoms with Crippen LogP contribution in [0.3, 0.4) is 0 Å². The fourth-order valence-electron chi connectivity index (χ4n) is 3.01. The van der Waals surface area contributed by atoms with Crippen LogP contribution in [-0.2, 0) is 9.47 Å². The minimum Gasteiger partial charge on any atom is -0.465 e. The van der Waals surface area contributed by atoms with E-state index in [2.05, 4.69) is 17.9 Å². The molecule has 1 atom stereocenters. The SMILES string of the molecule is COC(=O)c1sc2ccccc2c1C1CNCCO1.Cc1cc(S)ccc1F. The number of esters is 1. The molecule has 28 heavy (non-hydrogen) atoms. The van der Waals surface area contributed by atoms with Gasteiger partial charge in [0, 0.05) is 28.2 Å². The normalized spacial score (nSPS) is 16.4. The molecule has 1 fully saturated rings. The highest BCUT2D eigenvalue weighted by atomic mass is 32.1. The minimum absolute atomic E-state index is 0.0843. The van der Waals surface area contributed by atoms with Crippen LogP contribution in [0, 0.1) is 12.7 Å². The van der Waals surface area contributed by atoms with Crippen molar-refractivity contribution in [3.8, 4) is 0 Å². The number of hydrogen-bond acceptors (Lipinski definition) is 6. The van der Waals surface area contributed by atoms with Gasteiger partial charge in [0.2, 0.25) is 0 Å². The molecule has 2 heterocycles. The van der Waals surface area contributed by atoms with Crippen molar-refractivity contribution in [3.05, 3.63) is 64.3 Å². The Morgan fingerprint density at radius 2 is 2.11 bits per heavy atom. The maximum absolute atomic E-state index is 12.5. The Labute approximate surface area is 173 Å². The van der Waals surface area contributed by atoms with Gasteiger partial charge in [-0.2, -0.15) is 0 Å². The summed E-state index contributed by atoms with van der Waals surface area (Å²) in [4.78, 5) is 13.4. The van der Waals surface area contributed by atoms with Crippen LogP contribution in [0.4, 0.5) is 4.39 Å². The number of rotatable bonds is 2. The molecule has 0 spiro atoms. The van der Waals surface area contributed by atoms with E-state index in [1.54, 1.807) is 19.1 Å². The number of halogens is 1. The Balaban J connectivity index is 0.000000211. The quantitative estimate of drug-likeness (QED) is 0.464. The third kappa shape index (κ3) is 4.72. The smallest absolute Gasteiger partial charge is 0.348 e. The molecular formula is C21H22FNO3S2. The van der Waals surface area contributed by atoms with Gasteiger partial charge in [-0.15, -0.1) is 24.0 Å². The van der Waals surface area contributed by atoms with Crippen molar-refractivity contribution in [2.45, 2.75) is 17.9 Å². The van der Waals surface area contributed by atoms with Crippen molar-refractivity contribution < 1.29 is 18.7 Å². The molecule has 1 aromatic heterocycles. The Morgan fingerprint density at radius 3 is 2.75 bits per heavy atom. The van der Waals surface area contributed by atoms with Crippen LogP contribution < -0.4 is 5.32 Å². The van der Waals surface area contributed by atoms with Gasteiger partial charge in [0.15, 0.2) is 0 Å². The van der Waals surface area contributed by atoms with Gasteiger partial charge in [0.25, 0.3) is 0 Å². The number of carbonyl (C=O) groups is 1. The number of thiol groups is 1. The highest BCUT2D eigenvalue weighted by Crippen LogP contribution is 2.37. The summed E-state index contributed by atoms with van der Waals surface area (Å²) >= 11 is 5.50. The fraction of sp³-hybridized carbons (Fsp3) is 0.286. The number of ether oxygens (including phenoxy) is 2. The Hall–Kier alpha value is -1.93. The standard InChI is InChI=1S/C14H15NO3S.C7H7FS/c1-17-14(16)13-12(10-8-15-6-7-18-10)9-4-2-3-5-11(9)19-13;1-5-4-6(9)2-3-7(5)8/h2-5,10,15H,6-8H2,1H3;2-4,9H,1H3. The zero-order valence-electron chi connectivity index (χ0n) is 15.7. The summed E-state index contributed by atoms with van der Waals surface area (Å²) in [7, 11) is 1.41. The molecule has 0 bridgehead atoms. The lowest BCUT2D eigenvalue weighted by Gasteiger charge is -2.24. The molecular weight excluding hydrogens is 397 g/mol. The van der Waals surface area contributed by atoms with E-state index >= 15 is 0 Å². The Morgan fingerprint density at radius 1 is 1.32 bits per heavy atom. The molecule has 7 heteroatoms. The molecule has 0 aliphatic carbocycles. The first-order valence-electron chi connectivity index (χ1n) is 8.88. The van der Waals surface area contributed by atoms with Gasteiger partial charge in [0.1, 0.15) is 10.7 Å². The van der Waals surface area contributed by atoms with Crippen LogP contribution in [0.5, 0.6) is 0 Å². The van der Waals surface area contributed by atoms with Gasteiger partial charge in [-0.05, 0) is 42.1 Å². The first kappa shape index (κ1) is 20.8. The highest BCUT2D eigenvalue weighted by Gasteiger charge is 2.27. The molecule has 1 saturated heterocycles. The Bertz CT molecular complexity index is 967. The van der Waals surface area contributed by atoms with E-state index in [-0.39, 0.29) is 17.9 Å². The predicted octanol–water partition coefficient (Wildman–Crippen LogP) is 4.77. The van der Waals surface area contributed by atoms with Crippen molar-refractivity contribution in [2.75, 3.05) is 26.8 Å². The maximum Gasteiger partial charge on any atom is 0.348 e. The van der Waals surface area contributed by atoms with E-state index in [1.165, 1.54) is 24.5 Å². The van der Waals surface area contributed by atoms with Crippen molar-refractivity contribution in [2.24, 2.45) is 0 Å². The molecule has 1 unspecified atom stereocenters. The lowest BCUT2D eigenvalue weighted by Crippen LogP contribution is -2.33. The summed E-state index contributed by atoms with van der Waals surface area (Å²) in [5.74, 6) is -0.460. The first-order chi connectivity index (χ1) is 13.5. The van der Waals surface area contributed by atoms with E-state index in [9.17, 15) is 9.18 Å². The maximum atomic E-state index is 12.5. The zero-order valence-corrected chi connectivity index (χ0v) is 17.4. The number of hydrogen-bond donors (Lipinski definition) is 2. The second-order valence-electron chi connectivity index (χ2n) is 6.33. The molecule has 4 nitrogen and oxygen atoms in total. The molecule has 1 aliphatic rings. The second-order valence-corrected chi connectivity index (χ2v) is 7.90. The number of morpholine rings is 1. The lowest BCUT2D eigenvalue weighted by atomic mass is 10.0. The summed E-state index contributed by atoms with van der Waals surface area (Å²) in [6, 6.07) is 12.7. The van der Waals surface area contributed by atoms with E-state index < -0.39 is 0 Å². The molecule has 2 aromatic carbocycles. The summed E-state index contributed by atoms with van der Waals surface area (Å²) in [6.07, 6.45) is -0.0843. The van der Waals surface area contributed by atoms with Gasteiger partial charge in [-0.1, -0.05) is 18.2 Å². The lowest BCUT2D eigenvalue weighted by molar-refractivity contribution is 0.0272. The highest BCUT2D eigenvalue weighted by molar-refractivity contribution is 7.80. The average Bonchev–Trinajstić information content (AvgIpc) is 3.11. The van der Waals surface area contributed by atoms with Crippen molar-refractivity contribution in [1.82, 2.24) is 5.32 Å². The molecule has 148 valence electrons. The van der Waals surface area contributed by atoms with Crippen LogP contribution in [-0.4, -0.2) is 32.8 Å². The van der Waals surface area contributed by atoms with Crippen molar-refractivity contribution >= 4 is 40.0 Å². The van der Waals surface area contributed by atoms with Crippen LogP contribution in [0.15, 0.2) is 47.4 Å². The number of fused-ring (bicyclic) bond motifs is 1. The topological polar surface area (TPSA) is 47.6 Å². The molecule has 1 aliphatic heterocycles. The molecule has 1 N–H and O–H groups in total. The van der Waals surface area contributed by atoms with Crippen LogP contribution in [0.2, 0.25) is 0 Å². The van der Waals surface area contributed by atoms with Crippen LogP contribution in [0.1, 0.15) is 26.9 Å². The summed E-state index contributed by atoms with van der Waals surface area (Å²) < 4.78 is 24.2. The number of thiophene rings is 1. The van der Waals surface area contributed by atoms with E-state index in [4.69, 9.17) is 9.47 Å². The number of nitrogens with one attached hydrogen (secondary N) is 1. The molecule has 0 amide bonds. The monoisotopic (exact) mass is 419 g/mol. The predicted molar refractivity (Wildman–Crippen MR) is 113 cm³/mol. The summed E-state index contributed by atoms with van der Waals surface area (Å²) in [6.45, 7) is 3.96. The third-order valence-electron chi connectivity index (χ3n) is 4.40. The van der Waals surface area contributed by atoms with Gasteiger partial charge >= 0.3 is 5.97 Å². The third-order valence-corrected chi connectivity index (χ3v) is 5.84. The van der Waals surface area contributed by atoms with Gasteiger partial charge in [0.05, 0.1) is 19.8 Å². The van der Waals surface area contributed by atoms with Crippen molar-refractivity contribution in [3.63, 3.8) is 0 Å². The first-order valence-corrected chi connectivity index (χ1v) is 10.1. The van der Waals surface area contributed by atoms with Gasteiger partial charge in [-0.3, -0.25) is 0 Å². The largest absolute Gasteiger partial charge is 0.465 e. The summed E-state index contributed by atoms with van der Waals surface area (Å²) in [5, 5.41) is 4.38. The zero-order chi connectivity index (χ0) is 20.1. The molecule has 4 rings (SSSR count). The number of benzene rings is 2. The van der Waals surface area contributed by atoms with Crippen LogP contribution >= 0.6 is 24.0 Å². The average molecular weight is 420 g/mol. The Kier molecular flexibility index (Phi) is 7.07.